The fourth-order valence-corrected chi connectivity index (χ4v) is 0. The summed E-state index contributed by atoms with van der Waals surface area (Å²) in [4.78, 5) is 8.89. The minimum atomic E-state index is -1.08. The number of rotatable bonds is 0. The standard InChI is InChI=1S/C2H4O2.3FH.4H3N/c1-2(3)4;;;;;;;/h1H3,(H,3,4);3*1H;4*1H3. The molecule has 0 aromatic carbocycles. The van der Waals surface area contributed by atoms with Gasteiger partial charge in [0.2, 0.25) is 0 Å². The molecule has 0 aliphatic heterocycles. The Hall–Kier alpha value is -0.900. The number of carboxylic acids is 1. The molecule has 0 aliphatic rings. The average molecular weight is 188 g/mol. The number of carbonyl (C=O) groups is 1. The summed E-state index contributed by atoms with van der Waals surface area (Å²) >= 11 is 0. The highest BCUT2D eigenvalue weighted by Gasteiger charge is 1.46. The first-order chi connectivity index (χ1) is 1.73. The van der Waals surface area contributed by atoms with Crippen LogP contribution >= 0.6 is 0 Å². The first-order valence-electron chi connectivity index (χ1n) is 0.908. The summed E-state index contributed by atoms with van der Waals surface area (Å²) in [7, 11) is 0. The zero-order valence-electron chi connectivity index (χ0n) is 7.45. The van der Waals surface area contributed by atoms with Crippen molar-refractivity contribution in [1.29, 1.82) is 0 Å². The van der Waals surface area contributed by atoms with E-state index in [1.165, 1.54) is 0 Å². The van der Waals surface area contributed by atoms with Gasteiger partial charge in [-0.2, -0.15) is 0 Å². The van der Waals surface area contributed by atoms with Gasteiger partial charge in [-0.1, -0.05) is 0 Å². The monoisotopic (exact) mass is 188 g/mol. The van der Waals surface area contributed by atoms with Gasteiger partial charge in [0, 0.05) is 5.97 Å². The molecular weight excluding hydrogens is 169 g/mol. The van der Waals surface area contributed by atoms with Crippen LogP contribution in [0.5, 0.6) is 0 Å². The molecule has 16 N–H and O–H groups in total. The number of carbonyl (C=O) groups excluding carboxylic acids is 1. The minimum Gasteiger partial charge on any atom is -1.00 e. The Morgan fingerprint density at radius 3 is 0.909 bits per heavy atom. The number of carboxylic acid groups (broad SMARTS) is 1. The Bertz CT molecular complexity index is 44.3. The second kappa shape index (κ2) is 135. The largest absolute Gasteiger partial charge is 1.00 e. The van der Waals surface area contributed by atoms with Crippen molar-refractivity contribution in [2.75, 3.05) is 0 Å². The molecular formula is C2H19F3N4O2. The maximum Gasteiger partial charge on any atom is 0.0383 e. The fourth-order valence-electron chi connectivity index (χ4n) is 0. The van der Waals surface area contributed by atoms with Crippen LogP contribution in [0.15, 0.2) is 0 Å². The molecule has 0 atom stereocenters. The molecule has 0 fully saturated rings. The predicted octanol–water partition coefficient (Wildman–Crippen LogP) is -8.73. The van der Waals surface area contributed by atoms with Gasteiger partial charge in [-0.25, -0.2) is 0 Å². The summed E-state index contributed by atoms with van der Waals surface area (Å²) < 4.78 is 0. The zero-order valence-corrected chi connectivity index (χ0v) is 7.45. The Morgan fingerprint density at radius 2 is 0.909 bits per heavy atom. The van der Waals surface area contributed by atoms with Crippen molar-refractivity contribution in [3.8, 4) is 0 Å². The molecule has 0 amide bonds. The molecule has 9 heteroatoms. The van der Waals surface area contributed by atoms with Gasteiger partial charge in [0.25, 0.3) is 0 Å². The second-order valence-corrected chi connectivity index (χ2v) is 0.492. The first-order valence-corrected chi connectivity index (χ1v) is 0.908. The molecule has 0 unspecified atom stereocenters. The third kappa shape index (κ3) is 566. The molecule has 0 aromatic rings. The number of quaternary nitrogens is 4. The van der Waals surface area contributed by atoms with Crippen LogP contribution in [0.1, 0.15) is 6.92 Å². The average Bonchev–Trinajstić information content (AvgIpc) is 0.811. The van der Waals surface area contributed by atoms with Crippen molar-refractivity contribution in [3.63, 3.8) is 0 Å². The normalized spacial score (nSPS) is 2.27. The summed E-state index contributed by atoms with van der Waals surface area (Å²) in [5, 5.41) is 8.89. The third-order valence-electron chi connectivity index (χ3n) is 0. The summed E-state index contributed by atoms with van der Waals surface area (Å²) in [5.74, 6) is -1.08. The maximum atomic E-state index is 8.89. The lowest BCUT2D eigenvalue weighted by atomic mass is 10.9. The summed E-state index contributed by atoms with van der Waals surface area (Å²) in [6.45, 7) is 0.972. The van der Waals surface area contributed by atoms with Crippen molar-refractivity contribution >= 4 is 5.97 Å². The van der Waals surface area contributed by atoms with Crippen LogP contribution < -0.4 is 43.8 Å². The van der Waals surface area contributed by atoms with Crippen molar-refractivity contribution < 1.29 is 24.0 Å². The Balaban J connectivity index is -0.00000000214. The van der Waals surface area contributed by atoms with E-state index in [1.54, 1.807) is 0 Å². The van der Waals surface area contributed by atoms with E-state index in [1.807, 2.05) is 0 Å². The van der Waals surface area contributed by atoms with E-state index in [-0.39, 0.29) is 38.7 Å². The lowest BCUT2D eigenvalue weighted by molar-refractivity contribution is -0.302. The van der Waals surface area contributed by atoms with Gasteiger partial charge < -0.3 is 48.6 Å². The van der Waals surface area contributed by atoms with Gasteiger partial charge in [-0.05, 0) is 6.92 Å². The van der Waals surface area contributed by atoms with Crippen LogP contribution in [0.2, 0.25) is 0 Å². The van der Waals surface area contributed by atoms with Crippen molar-refractivity contribution in [2.24, 2.45) is 0 Å². The van der Waals surface area contributed by atoms with Crippen LogP contribution in [-0.4, -0.2) is 5.97 Å². The predicted molar refractivity (Wildman–Crippen MR) is 34.6 cm³/mol. The van der Waals surface area contributed by atoms with E-state index in [2.05, 4.69) is 0 Å². The number of halogens is 3. The molecule has 0 rings (SSSR count). The molecule has 0 radical (unpaired) electrons. The molecule has 0 heterocycles. The smallest absolute Gasteiger partial charge is 0.0383 e. The van der Waals surface area contributed by atoms with Crippen molar-refractivity contribution in [1.82, 2.24) is 24.6 Å². The van der Waals surface area contributed by atoms with Gasteiger partial charge in [-0.15, -0.1) is 0 Å². The molecule has 0 saturated heterocycles. The van der Waals surface area contributed by atoms with E-state index in [9.17, 15) is 0 Å². The van der Waals surface area contributed by atoms with Crippen molar-refractivity contribution in [2.45, 2.75) is 6.92 Å². The molecule has 0 spiro atoms. The quantitative estimate of drug-likeness (QED) is 0.294. The SMILES string of the molecule is CC(=O)[O-].[F-].[F-].[F-].[NH4+].[NH4+].[NH4+].[NH4+]. The van der Waals surface area contributed by atoms with Crippen LogP contribution in [0.3, 0.4) is 0 Å². The molecule has 80 valence electrons. The van der Waals surface area contributed by atoms with Gasteiger partial charge in [-0.3, -0.25) is 0 Å². The minimum absolute atomic E-state index is 0. The Labute approximate surface area is 62.8 Å². The molecule has 6 nitrogen and oxygen atoms in total. The highest BCUT2D eigenvalue weighted by atomic mass is 19.0. The molecule has 0 aliphatic carbocycles. The van der Waals surface area contributed by atoms with E-state index < -0.39 is 5.97 Å². The lowest BCUT2D eigenvalue weighted by Gasteiger charge is -1.77. The molecule has 11 heavy (non-hydrogen) atoms. The van der Waals surface area contributed by atoms with Crippen LogP contribution in [-0.2, 0) is 4.79 Å². The van der Waals surface area contributed by atoms with Crippen LogP contribution in [0, 0.1) is 0 Å². The highest BCUT2D eigenvalue weighted by molar-refractivity contribution is 5.60. The number of hydrogen-bond acceptors (Lipinski definition) is 2. The van der Waals surface area contributed by atoms with E-state index in [4.69, 9.17) is 9.90 Å². The van der Waals surface area contributed by atoms with Crippen LogP contribution in [0.25, 0.3) is 0 Å². The van der Waals surface area contributed by atoms with Crippen LogP contribution in [0.4, 0.5) is 0 Å². The lowest BCUT2D eigenvalue weighted by Crippen LogP contribution is -3.00. The van der Waals surface area contributed by atoms with Gasteiger partial charge >= 0.3 is 0 Å². The third-order valence-corrected chi connectivity index (χ3v) is 0. The summed E-state index contributed by atoms with van der Waals surface area (Å²) in [6, 6.07) is 0. The fraction of sp³-hybridized carbons (Fsp3) is 0.500. The van der Waals surface area contributed by atoms with Gasteiger partial charge in [0.05, 0.1) is 0 Å². The molecule has 0 bridgehead atoms. The first kappa shape index (κ1) is 190. The topological polar surface area (TPSA) is 186 Å². The Morgan fingerprint density at radius 1 is 0.909 bits per heavy atom. The zero-order chi connectivity index (χ0) is 3.58. The molecule has 0 saturated carbocycles. The van der Waals surface area contributed by atoms with E-state index in [0.717, 1.165) is 6.92 Å². The van der Waals surface area contributed by atoms with Gasteiger partial charge in [0.1, 0.15) is 0 Å². The maximum absolute atomic E-state index is 8.89. The van der Waals surface area contributed by atoms with E-state index in [0.29, 0.717) is 0 Å². The second-order valence-electron chi connectivity index (χ2n) is 0.492. The number of aliphatic carboxylic acids is 1. The highest BCUT2D eigenvalue weighted by Crippen LogP contribution is 1.31. The Kier molecular flexibility index (Phi) is 2330. The summed E-state index contributed by atoms with van der Waals surface area (Å²) in [5.41, 5.74) is 0. The number of hydrogen-bond donors (Lipinski definition) is 4. The van der Waals surface area contributed by atoms with E-state index >= 15 is 0 Å². The molecule has 0 aromatic heterocycles. The summed E-state index contributed by atoms with van der Waals surface area (Å²) in [6.07, 6.45) is 0. The van der Waals surface area contributed by atoms with Gasteiger partial charge in [0.15, 0.2) is 0 Å². The van der Waals surface area contributed by atoms with Crippen molar-refractivity contribution in [3.05, 3.63) is 0 Å².